The number of halogens is 1. The van der Waals surface area contributed by atoms with Gasteiger partial charge < -0.3 is 14.7 Å². The van der Waals surface area contributed by atoms with Crippen molar-refractivity contribution in [2.24, 2.45) is 0 Å². The molecule has 0 amide bonds. The molecule has 1 N–H and O–H groups in total. The molecule has 2 aromatic carbocycles. The van der Waals surface area contributed by atoms with Gasteiger partial charge in [0, 0.05) is 32.7 Å². The summed E-state index contributed by atoms with van der Waals surface area (Å²) in [6.07, 6.45) is 1.61. The Kier molecular flexibility index (Phi) is 5.39. The van der Waals surface area contributed by atoms with E-state index in [0.29, 0.717) is 34.5 Å². The first-order chi connectivity index (χ1) is 14.0. The number of likely N-dealkylation sites (N-methyl/N-ethyl adjacent to an activating group) is 1. The summed E-state index contributed by atoms with van der Waals surface area (Å²) < 4.78 is 19.1. The van der Waals surface area contributed by atoms with E-state index in [9.17, 15) is 14.3 Å². The number of carbonyl (C=O) groups excluding carboxylic acids is 1. The number of aromatic hydroxyl groups is 1. The molecule has 0 unspecified atom stereocenters. The van der Waals surface area contributed by atoms with Crippen molar-refractivity contribution in [3.63, 3.8) is 0 Å². The smallest absolute Gasteiger partial charge is 0.232 e. The highest BCUT2D eigenvalue weighted by molar-refractivity contribution is 6.15. The summed E-state index contributed by atoms with van der Waals surface area (Å²) in [5.41, 5.74) is 2.51. The largest absolute Gasteiger partial charge is 0.507 e. The highest BCUT2D eigenvalue weighted by Crippen LogP contribution is 2.42. The van der Waals surface area contributed by atoms with E-state index < -0.39 is 0 Å². The SMILES string of the molecule is CCN1CCN(Cc2c(O)cc(C)c3c2O/C(=C\c2ccc(F)cc2)C3=O)CC1. The van der Waals surface area contributed by atoms with Gasteiger partial charge in [0.05, 0.1) is 11.1 Å². The second kappa shape index (κ2) is 7.97. The average molecular weight is 396 g/mol. The molecule has 1 fully saturated rings. The minimum absolute atomic E-state index is 0.148. The van der Waals surface area contributed by atoms with Gasteiger partial charge in [-0.1, -0.05) is 19.1 Å². The third-order valence-electron chi connectivity index (χ3n) is 5.68. The molecule has 4 rings (SSSR count). The van der Waals surface area contributed by atoms with Gasteiger partial charge in [0.15, 0.2) is 5.76 Å². The van der Waals surface area contributed by atoms with Crippen LogP contribution in [0.15, 0.2) is 36.1 Å². The third kappa shape index (κ3) is 3.91. The number of hydrogen-bond acceptors (Lipinski definition) is 5. The van der Waals surface area contributed by atoms with Gasteiger partial charge in [-0.3, -0.25) is 9.69 Å². The lowest BCUT2D eigenvalue weighted by Crippen LogP contribution is -2.45. The van der Waals surface area contributed by atoms with Gasteiger partial charge >= 0.3 is 0 Å². The van der Waals surface area contributed by atoms with Crippen molar-refractivity contribution in [3.05, 3.63) is 64.2 Å². The molecule has 5 nitrogen and oxygen atoms in total. The Morgan fingerprint density at radius 3 is 2.45 bits per heavy atom. The van der Waals surface area contributed by atoms with Crippen molar-refractivity contribution in [2.45, 2.75) is 20.4 Å². The monoisotopic (exact) mass is 396 g/mol. The number of fused-ring (bicyclic) bond motifs is 1. The predicted molar refractivity (Wildman–Crippen MR) is 110 cm³/mol. The molecule has 0 saturated carbocycles. The molecule has 0 radical (unpaired) electrons. The van der Waals surface area contributed by atoms with Crippen molar-refractivity contribution < 1.29 is 19.0 Å². The summed E-state index contributed by atoms with van der Waals surface area (Å²) in [4.78, 5) is 17.6. The van der Waals surface area contributed by atoms with Crippen LogP contribution in [0.3, 0.4) is 0 Å². The van der Waals surface area contributed by atoms with E-state index in [-0.39, 0.29) is 23.1 Å². The summed E-state index contributed by atoms with van der Waals surface area (Å²) in [5.74, 6) is 0.241. The number of rotatable bonds is 4. The second-order valence-corrected chi connectivity index (χ2v) is 7.60. The number of phenolic OH excluding ortho intramolecular Hbond substituents is 1. The highest BCUT2D eigenvalue weighted by atomic mass is 19.1. The summed E-state index contributed by atoms with van der Waals surface area (Å²) in [7, 11) is 0. The van der Waals surface area contributed by atoms with Crippen LogP contribution in [0.4, 0.5) is 4.39 Å². The molecule has 2 aromatic rings. The number of phenols is 1. The van der Waals surface area contributed by atoms with Crippen LogP contribution < -0.4 is 4.74 Å². The van der Waals surface area contributed by atoms with Gasteiger partial charge in [-0.05, 0) is 48.9 Å². The first-order valence-electron chi connectivity index (χ1n) is 9.96. The van der Waals surface area contributed by atoms with Crippen LogP contribution in [-0.2, 0) is 6.54 Å². The van der Waals surface area contributed by atoms with Crippen LogP contribution in [0.1, 0.15) is 34.0 Å². The molecule has 0 atom stereocenters. The number of aryl methyl sites for hydroxylation is 1. The Morgan fingerprint density at radius 1 is 1.14 bits per heavy atom. The molecule has 2 aliphatic rings. The van der Waals surface area contributed by atoms with E-state index in [2.05, 4.69) is 16.7 Å². The lowest BCUT2D eigenvalue weighted by molar-refractivity contribution is 0.101. The van der Waals surface area contributed by atoms with Crippen LogP contribution in [0.2, 0.25) is 0 Å². The maximum atomic E-state index is 13.2. The number of piperazine rings is 1. The van der Waals surface area contributed by atoms with Gasteiger partial charge in [0.2, 0.25) is 5.78 Å². The zero-order valence-electron chi connectivity index (χ0n) is 16.7. The number of allylic oxidation sites excluding steroid dienone is 1. The molecule has 6 heteroatoms. The van der Waals surface area contributed by atoms with Crippen LogP contribution in [-0.4, -0.2) is 53.4 Å². The van der Waals surface area contributed by atoms with Gasteiger partial charge in [0.25, 0.3) is 0 Å². The lowest BCUT2D eigenvalue weighted by atomic mass is 9.99. The number of ether oxygens (including phenoxy) is 1. The van der Waals surface area contributed by atoms with E-state index in [0.717, 1.165) is 32.7 Å². The van der Waals surface area contributed by atoms with Gasteiger partial charge in [-0.25, -0.2) is 4.39 Å². The molecule has 152 valence electrons. The zero-order valence-corrected chi connectivity index (χ0v) is 16.7. The summed E-state index contributed by atoms with van der Waals surface area (Å²) in [5, 5.41) is 10.6. The number of benzene rings is 2. The predicted octanol–water partition coefficient (Wildman–Crippen LogP) is 3.59. The minimum atomic E-state index is -0.333. The highest BCUT2D eigenvalue weighted by Gasteiger charge is 2.34. The fourth-order valence-corrected chi connectivity index (χ4v) is 3.93. The molecule has 0 bridgehead atoms. The molecule has 0 spiro atoms. The Morgan fingerprint density at radius 2 is 1.79 bits per heavy atom. The average Bonchev–Trinajstić information content (AvgIpc) is 3.04. The normalized spacial score (nSPS) is 18.9. The van der Waals surface area contributed by atoms with Crippen molar-refractivity contribution in [2.75, 3.05) is 32.7 Å². The molecule has 2 aliphatic heterocycles. The van der Waals surface area contributed by atoms with Gasteiger partial charge in [0.1, 0.15) is 17.3 Å². The fourth-order valence-electron chi connectivity index (χ4n) is 3.93. The van der Waals surface area contributed by atoms with Crippen LogP contribution in [0.25, 0.3) is 6.08 Å². The molecule has 0 aliphatic carbocycles. The van der Waals surface area contributed by atoms with Crippen molar-refractivity contribution in [1.82, 2.24) is 9.80 Å². The Labute approximate surface area is 170 Å². The third-order valence-corrected chi connectivity index (χ3v) is 5.68. The lowest BCUT2D eigenvalue weighted by Gasteiger charge is -2.34. The number of nitrogens with zero attached hydrogens (tertiary/aromatic N) is 2. The second-order valence-electron chi connectivity index (χ2n) is 7.60. The first-order valence-corrected chi connectivity index (χ1v) is 9.96. The summed E-state index contributed by atoms with van der Waals surface area (Å²) in [6.45, 7) is 9.30. The van der Waals surface area contributed by atoms with E-state index in [4.69, 9.17) is 4.74 Å². The number of carbonyl (C=O) groups is 1. The van der Waals surface area contributed by atoms with Crippen LogP contribution in [0.5, 0.6) is 11.5 Å². The summed E-state index contributed by atoms with van der Waals surface area (Å²) >= 11 is 0. The van der Waals surface area contributed by atoms with E-state index in [1.54, 1.807) is 31.2 Å². The van der Waals surface area contributed by atoms with E-state index in [1.165, 1.54) is 12.1 Å². The maximum Gasteiger partial charge on any atom is 0.232 e. The van der Waals surface area contributed by atoms with Gasteiger partial charge in [-0.2, -0.15) is 0 Å². The number of Topliss-reactive ketones (excluding diaryl/α,β-unsaturated/α-hetero) is 1. The van der Waals surface area contributed by atoms with E-state index in [1.807, 2.05) is 0 Å². The van der Waals surface area contributed by atoms with Crippen molar-refractivity contribution >= 4 is 11.9 Å². The Balaban J connectivity index is 1.63. The van der Waals surface area contributed by atoms with E-state index >= 15 is 0 Å². The first kappa shape index (κ1) is 19.6. The molecular weight excluding hydrogens is 371 g/mol. The fraction of sp³-hybridized carbons (Fsp3) is 0.348. The van der Waals surface area contributed by atoms with Crippen molar-refractivity contribution in [3.8, 4) is 11.5 Å². The number of hydrogen-bond donors (Lipinski definition) is 1. The molecule has 0 aromatic heterocycles. The maximum absolute atomic E-state index is 13.2. The molecule has 2 heterocycles. The number of ketones is 1. The van der Waals surface area contributed by atoms with Gasteiger partial charge in [-0.15, -0.1) is 0 Å². The Bertz CT molecular complexity index is 961. The molecular formula is C23H25FN2O3. The summed E-state index contributed by atoms with van der Waals surface area (Å²) in [6, 6.07) is 7.52. The quantitative estimate of drug-likeness (QED) is 0.801. The van der Waals surface area contributed by atoms with Crippen LogP contribution >= 0.6 is 0 Å². The zero-order chi connectivity index (χ0) is 20.5. The van der Waals surface area contributed by atoms with Crippen LogP contribution in [0, 0.1) is 12.7 Å². The minimum Gasteiger partial charge on any atom is -0.507 e. The molecule has 29 heavy (non-hydrogen) atoms. The van der Waals surface area contributed by atoms with Crippen molar-refractivity contribution in [1.29, 1.82) is 0 Å². The molecule has 1 saturated heterocycles. The topological polar surface area (TPSA) is 53.0 Å². The standard InChI is InChI=1S/C23H25FN2O3/c1-3-25-8-10-26(11-9-25)14-18-19(27)12-15(2)21-22(28)20(29-23(18)21)13-16-4-6-17(24)7-5-16/h4-7,12-13,27H,3,8-11,14H2,1-2H3/b20-13-. The Hall–Kier alpha value is -2.70.